The predicted molar refractivity (Wildman–Crippen MR) is 91.8 cm³/mol. The van der Waals surface area contributed by atoms with Crippen molar-refractivity contribution in [2.75, 3.05) is 0 Å². The lowest BCUT2D eigenvalue weighted by molar-refractivity contribution is 0.630. The van der Waals surface area contributed by atoms with E-state index in [1.165, 1.54) is 5.56 Å². The van der Waals surface area contributed by atoms with Gasteiger partial charge in [0.1, 0.15) is 11.3 Å². The molecule has 0 radical (unpaired) electrons. The first-order valence-electron chi connectivity index (χ1n) is 7.51. The molecule has 22 heavy (non-hydrogen) atoms. The Morgan fingerprint density at radius 2 is 1.45 bits per heavy atom. The maximum atomic E-state index is 6.05. The highest BCUT2D eigenvalue weighted by atomic mass is 16.3. The molecule has 1 nitrogen and oxygen atoms in total. The molecular weight excluding hydrogens is 268 g/mol. The lowest BCUT2D eigenvalue weighted by atomic mass is 9.92. The van der Waals surface area contributed by atoms with E-state index in [2.05, 4.69) is 72.9 Å². The van der Waals surface area contributed by atoms with Crippen LogP contribution < -0.4 is 0 Å². The molecule has 106 valence electrons. The molecule has 0 saturated carbocycles. The van der Waals surface area contributed by atoms with E-state index in [-0.39, 0.29) is 5.92 Å². The Morgan fingerprint density at radius 3 is 2.27 bits per heavy atom. The normalized spacial score (nSPS) is 14.5. The van der Waals surface area contributed by atoms with Gasteiger partial charge in [-0.2, -0.15) is 0 Å². The average molecular weight is 284 g/mol. The Morgan fingerprint density at radius 1 is 0.727 bits per heavy atom. The molecule has 1 aliphatic carbocycles. The van der Waals surface area contributed by atoms with E-state index >= 15 is 0 Å². The molecule has 3 aromatic rings. The number of allylic oxidation sites excluding steroid dienone is 6. The van der Waals surface area contributed by atoms with Gasteiger partial charge in [-0.3, -0.25) is 0 Å². The summed E-state index contributed by atoms with van der Waals surface area (Å²) >= 11 is 0. The molecule has 0 N–H and O–H groups in total. The van der Waals surface area contributed by atoms with Gasteiger partial charge in [0.25, 0.3) is 0 Å². The van der Waals surface area contributed by atoms with E-state index in [0.29, 0.717) is 0 Å². The molecule has 0 fully saturated rings. The van der Waals surface area contributed by atoms with Gasteiger partial charge in [-0.1, -0.05) is 78.9 Å². The van der Waals surface area contributed by atoms with Crippen LogP contribution in [0.3, 0.4) is 0 Å². The third-order valence-corrected chi connectivity index (χ3v) is 3.98. The first-order chi connectivity index (χ1) is 10.9. The molecule has 1 aromatic heterocycles. The fourth-order valence-electron chi connectivity index (χ4n) is 2.89. The Balaban J connectivity index is 1.85. The summed E-state index contributed by atoms with van der Waals surface area (Å²) in [5, 5.41) is 1.14. The molecule has 4 rings (SSSR count). The van der Waals surface area contributed by atoms with Gasteiger partial charge < -0.3 is 4.42 Å². The Kier molecular flexibility index (Phi) is 3.24. The van der Waals surface area contributed by atoms with Gasteiger partial charge >= 0.3 is 0 Å². The van der Waals surface area contributed by atoms with E-state index < -0.39 is 0 Å². The average Bonchev–Trinajstić information content (AvgIpc) is 2.81. The van der Waals surface area contributed by atoms with Gasteiger partial charge in [-0.05, 0) is 17.7 Å². The van der Waals surface area contributed by atoms with Gasteiger partial charge in [0.05, 0.1) is 0 Å². The highest BCUT2D eigenvalue weighted by Gasteiger charge is 2.14. The second-order valence-corrected chi connectivity index (χ2v) is 5.42. The van der Waals surface area contributed by atoms with Gasteiger partial charge in [0, 0.05) is 16.9 Å². The molecule has 0 bridgehead atoms. The largest absolute Gasteiger partial charge is 0.456 e. The summed E-state index contributed by atoms with van der Waals surface area (Å²) in [6.07, 6.45) is 12.7. The maximum Gasteiger partial charge on any atom is 0.135 e. The summed E-state index contributed by atoms with van der Waals surface area (Å²) in [5.41, 5.74) is 3.35. The maximum absolute atomic E-state index is 6.05. The number of hydrogen-bond acceptors (Lipinski definition) is 1. The molecule has 0 unspecified atom stereocenters. The van der Waals surface area contributed by atoms with Crippen LogP contribution in [-0.4, -0.2) is 0 Å². The van der Waals surface area contributed by atoms with E-state index in [1.807, 2.05) is 18.2 Å². The monoisotopic (exact) mass is 284 g/mol. The second kappa shape index (κ2) is 5.53. The zero-order valence-electron chi connectivity index (χ0n) is 12.1. The summed E-state index contributed by atoms with van der Waals surface area (Å²) in [7, 11) is 0. The third kappa shape index (κ3) is 2.31. The zero-order chi connectivity index (χ0) is 14.8. The Labute approximate surface area is 129 Å². The zero-order valence-corrected chi connectivity index (χ0v) is 12.1. The van der Waals surface area contributed by atoms with Crippen LogP contribution >= 0.6 is 0 Å². The number of fused-ring (bicyclic) bond motifs is 1. The molecule has 0 spiro atoms. The first kappa shape index (κ1) is 12.9. The fourth-order valence-corrected chi connectivity index (χ4v) is 2.89. The highest BCUT2D eigenvalue weighted by Crippen LogP contribution is 2.34. The second-order valence-electron chi connectivity index (χ2n) is 5.42. The Hall–Kier alpha value is -2.80. The number of furan rings is 1. The van der Waals surface area contributed by atoms with Crippen LogP contribution in [0, 0.1) is 0 Å². The SMILES string of the molecule is C1=CC=CC(c2ccccc2-c2cc3ccccc3o2)C=C1. The van der Waals surface area contributed by atoms with Crippen molar-refractivity contribution in [2.24, 2.45) is 0 Å². The van der Waals surface area contributed by atoms with Crippen LogP contribution in [0.25, 0.3) is 22.3 Å². The van der Waals surface area contributed by atoms with Crippen LogP contribution in [0.1, 0.15) is 11.5 Å². The molecular formula is C21H16O. The minimum absolute atomic E-state index is 0.263. The summed E-state index contributed by atoms with van der Waals surface area (Å²) in [6, 6.07) is 18.7. The van der Waals surface area contributed by atoms with Crippen molar-refractivity contribution in [3.05, 3.63) is 96.6 Å². The molecule has 1 heterocycles. The standard InChI is InChI=1S/C21H16O/c1-2-4-10-16(9-3-1)18-12-6-7-13-19(18)21-15-17-11-5-8-14-20(17)22-21/h1-16H. The van der Waals surface area contributed by atoms with Gasteiger partial charge in [0.15, 0.2) is 0 Å². The van der Waals surface area contributed by atoms with Crippen molar-refractivity contribution in [1.82, 2.24) is 0 Å². The predicted octanol–water partition coefficient (Wildman–Crippen LogP) is 5.87. The number of rotatable bonds is 2. The van der Waals surface area contributed by atoms with Crippen molar-refractivity contribution in [3.63, 3.8) is 0 Å². The topological polar surface area (TPSA) is 13.1 Å². The molecule has 0 saturated heterocycles. The van der Waals surface area contributed by atoms with Crippen LogP contribution in [0.5, 0.6) is 0 Å². The first-order valence-corrected chi connectivity index (χ1v) is 7.51. The van der Waals surface area contributed by atoms with E-state index in [4.69, 9.17) is 4.42 Å². The molecule has 0 aliphatic heterocycles. The fraction of sp³-hybridized carbons (Fsp3) is 0.0476. The van der Waals surface area contributed by atoms with Crippen molar-refractivity contribution >= 4 is 11.0 Å². The summed E-state index contributed by atoms with van der Waals surface area (Å²) in [6.45, 7) is 0. The van der Waals surface area contributed by atoms with Crippen molar-refractivity contribution in [1.29, 1.82) is 0 Å². The molecule has 0 amide bonds. The van der Waals surface area contributed by atoms with Crippen molar-refractivity contribution < 1.29 is 4.42 Å². The van der Waals surface area contributed by atoms with Gasteiger partial charge in [-0.25, -0.2) is 0 Å². The molecule has 2 aromatic carbocycles. The lowest BCUT2D eigenvalue weighted by Crippen LogP contribution is -1.94. The lowest BCUT2D eigenvalue weighted by Gasteiger charge is -2.12. The van der Waals surface area contributed by atoms with Crippen LogP contribution in [0.2, 0.25) is 0 Å². The smallest absolute Gasteiger partial charge is 0.135 e. The minimum Gasteiger partial charge on any atom is -0.456 e. The molecule has 1 heteroatoms. The van der Waals surface area contributed by atoms with Crippen LogP contribution in [-0.2, 0) is 0 Å². The summed E-state index contributed by atoms with van der Waals surface area (Å²) in [4.78, 5) is 0. The highest BCUT2D eigenvalue weighted by molar-refractivity contribution is 5.83. The van der Waals surface area contributed by atoms with Crippen LogP contribution in [0.4, 0.5) is 0 Å². The van der Waals surface area contributed by atoms with Crippen molar-refractivity contribution in [2.45, 2.75) is 5.92 Å². The number of para-hydroxylation sites is 1. The van der Waals surface area contributed by atoms with Gasteiger partial charge in [0.2, 0.25) is 0 Å². The number of hydrogen-bond donors (Lipinski definition) is 0. The van der Waals surface area contributed by atoms with E-state index in [0.717, 1.165) is 22.3 Å². The van der Waals surface area contributed by atoms with Crippen molar-refractivity contribution in [3.8, 4) is 11.3 Å². The third-order valence-electron chi connectivity index (χ3n) is 3.98. The van der Waals surface area contributed by atoms with Crippen LogP contribution in [0.15, 0.2) is 95.5 Å². The summed E-state index contributed by atoms with van der Waals surface area (Å²) < 4.78 is 6.05. The minimum atomic E-state index is 0.263. The molecule has 1 aliphatic rings. The van der Waals surface area contributed by atoms with Gasteiger partial charge in [-0.15, -0.1) is 0 Å². The quantitative estimate of drug-likeness (QED) is 0.574. The summed E-state index contributed by atoms with van der Waals surface area (Å²) in [5.74, 6) is 1.19. The van der Waals surface area contributed by atoms with E-state index in [1.54, 1.807) is 0 Å². The van der Waals surface area contributed by atoms with E-state index in [9.17, 15) is 0 Å². The molecule has 0 atom stereocenters. The number of benzene rings is 2. The Bertz CT molecular complexity index is 844.